The number of benzene rings is 2. The van der Waals surface area contributed by atoms with Crippen LogP contribution in [0.4, 0.5) is 5.82 Å². The Labute approximate surface area is 185 Å². The quantitative estimate of drug-likeness (QED) is 0.442. The molecule has 0 saturated heterocycles. The van der Waals surface area contributed by atoms with Gasteiger partial charge in [-0.25, -0.2) is 18.4 Å². The van der Waals surface area contributed by atoms with Crippen LogP contribution in [0.3, 0.4) is 0 Å². The summed E-state index contributed by atoms with van der Waals surface area (Å²) >= 11 is 6.60. The first kappa shape index (κ1) is 19.8. The molecule has 0 fully saturated rings. The first-order chi connectivity index (χ1) is 15.0. The number of rotatable bonds is 3. The number of sulfone groups is 1. The molecular weight excluding hydrogens is 434 g/mol. The van der Waals surface area contributed by atoms with Crippen molar-refractivity contribution in [1.82, 2.24) is 9.97 Å². The van der Waals surface area contributed by atoms with Crippen molar-refractivity contribution < 1.29 is 13.2 Å². The third-order valence-corrected chi connectivity index (χ3v) is 7.30. The normalized spacial score (nSPS) is 15.3. The van der Waals surface area contributed by atoms with E-state index in [1.807, 2.05) is 47.4 Å². The SMILES string of the molecule is O=S1(=O)CCN(c2cc(Cl)c3cc(Oc4ccccn4)ccc3n2)Cc2ccccc21. The Bertz CT molecular complexity index is 1380. The van der Waals surface area contributed by atoms with E-state index >= 15 is 0 Å². The van der Waals surface area contributed by atoms with Crippen molar-refractivity contribution in [3.63, 3.8) is 0 Å². The fourth-order valence-corrected chi connectivity index (χ4v) is 5.41. The van der Waals surface area contributed by atoms with Gasteiger partial charge in [-0.2, -0.15) is 0 Å². The number of halogens is 1. The fourth-order valence-electron chi connectivity index (χ4n) is 3.66. The van der Waals surface area contributed by atoms with Gasteiger partial charge in [0.15, 0.2) is 9.84 Å². The molecule has 156 valence electrons. The van der Waals surface area contributed by atoms with Crippen LogP contribution < -0.4 is 9.64 Å². The van der Waals surface area contributed by atoms with Crippen molar-refractivity contribution in [2.75, 3.05) is 17.2 Å². The Hall–Kier alpha value is -3.16. The molecule has 6 nitrogen and oxygen atoms in total. The largest absolute Gasteiger partial charge is 0.439 e. The number of aromatic nitrogens is 2. The summed E-state index contributed by atoms with van der Waals surface area (Å²) in [5, 5.41) is 1.27. The van der Waals surface area contributed by atoms with Crippen LogP contribution in [0.25, 0.3) is 10.9 Å². The lowest BCUT2D eigenvalue weighted by Gasteiger charge is -2.22. The van der Waals surface area contributed by atoms with Gasteiger partial charge in [0.1, 0.15) is 11.6 Å². The predicted molar refractivity (Wildman–Crippen MR) is 121 cm³/mol. The van der Waals surface area contributed by atoms with E-state index in [0.717, 1.165) is 10.9 Å². The average molecular weight is 452 g/mol. The summed E-state index contributed by atoms with van der Waals surface area (Å²) in [6.45, 7) is 0.790. The minimum Gasteiger partial charge on any atom is -0.439 e. The van der Waals surface area contributed by atoms with Crippen LogP contribution >= 0.6 is 11.6 Å². The molecule has 0 unspecified atom stereocenters. The van der Waals surface area contributed by atoms with Gasteiger partial charge in [0, 0.05) is 30.7 Å². The predicted octanol–water partition coefficient (Wildman–Crippen LogP) is 4.87. The number of anilines is 1. The van der Waals surface area contributed by atoms with E-state index in [4.69, 9.17) is 21.3 Å². The number of fused-ring (bicyclic) bond motifs is 2. The van der Waals surface area contributed by atoms with E-state index in [-0.39, 0.29) is 5.75 Å². The summed E-state index contributed by atoms with van der Waals surface area (Å²) in [5.41, 5.74) is 1.47. The van der Waals surface area contributed by atoms with Crippen LogP contribution in [-0.2, 0) is 16.4 Å². The maximum absolute atomic E-state index is 12.6. The van der Waals surface area contributed by atoms with Gasteiger partial charge >= 0.3 is 0 Å². The molecule has 0 bridgehead atoms. The summed E-state index contributed by atoms with van der Waals surface area (Å²) in [4.78, 5) is 11.3. The second-order valence-electron chi connectivity index (χ2n) is 7.26. The molecular formula is C23H18ClN3O3S. The number of ether oxygens (including phenoxy) is 1. The highest BCUT2D eigenvalue weighted by Gasteiger charge is 2.26. The molecule has 0 atom stereocenters. The minimum absolute atomic E-state index is 0.0260. The van der Waals surface area contributed by atoms with E-state index in [0.29, 0.717) is 46.0 Å². The zero-order valence-corrected chi connectivity index (χ0v) is 18.0. The lowest BCUT2D eigenvalue weighted by Crippen LogP contribution is -2.26. The Balaban J connectivity index is 1.49. The highest BCUT2D eigenvalue weighted by atomic mass is 35.5. The molecule has 0 radical (unpaired) electrons. The summed E-state index contributed by atoms with van der Waals surface area (Å²) < 4.78 is 31.1. The number of nitrogens with zero attached hydrogens (tertiary/aromatic N) is 3. The molecule has 0 spiro atoms. The molecule has 1 aliphatic heterocycles. The third-order valence-electron chi connectivity index (χ3n) is 5.20. The van der Waals surface area contributed by atoms with Gasteiger partial charge in [-0.3, -0.25) is 0 Å². The number of pyridine rings is 2. The third kappa shape index (κ3) is 3.94. The van der Waals surface area contributed by atoms with Gasteiger partial charge in [-0.15, -0.1) is 0 Å². The van der Waals surface area contributed by atoms with E-state index in [1.54, 1.807) is 30.5 Å². The molecule has 8 heteroatoms. The Morgan fingerprint density at radius 3 is 2.68 bits per heavy atom. The summed E-state index contributed by atoms with van der Waals surface area (Å²) in [6.07, 6.45) is 1.66. The second-order valence-corrected chi connectivity index (χ2v) is 9.74. The van der Waals surface area contributed by atoms with Crippen LogP contribution in [0.1, 0.15) is 5.56 Å². The molecule has 31 heavy (non-hydrogen) atoms. The molecule has 0 aliphatic carbocycles. The molecule has 0 amide bonds. The standard InChI is InChI=1S/C23H18ClN3O3S/c24-19-14-22(27-11-12-31(28,29)21-6-2-1-5-16(21)15-27)26-20-9-8-17(13-18(19)20)30-23-7-3-4-10-25-23/h1-10,13-14H,11-12,15H2. The molecule has 3 heterocycles. The van der Waals surface area contributed by atoms with Crippen LogP contribution in [0, 0.1) is 0 Å². The van der Waals surface area contributed by atoms with E-state index in [9.17, 15) is 8.42 Å². The van der Waals surface area contributed by atoms with Gasteiger partial charge in [0.05, 0.1) is 21.2 Å². The minimum atomic E-state index is -3.33. The van der Waals surface area contributed by atoms with Crippen molar-refractivity contribution in [3.05, 3.63) is 83.5 Å². The molecule has 0 N–H and O–H groups in total. The number of hydrogen-bond donors (Lipinski definition) is 0. The number of hydrogen-bond acceptors (Lipinski definition) is 6. The molecule has 1 aliphatic rings. The van der Waals surface area contributed by atoms with Crippen molar-refractivity contribution >= 4 is 38.2 Å². The molecule has 2 aromatic heterocycles. The second kappa shape index (κ2) is 7.83. The lowest BCUT2D eigenvalue weighted by atomic mass is 10.2. The van der Waals surface area contributed by atoms with Gasteiger partial charge in [0.2, 0.25) is 5.88 Å². The first-order valence-electron chi connectivity index (χ1n) is 9.74. The highest BCUT2D eigenvalue weighted by molar-refractivity contribution is 7.91. The highest BCUT2D eigenvalue weighted by Crippen LogP contribution is 2.33. The van der Waals surface area contributed by atoms with Crippen molar-refractivity contribution in [2.24, 2.45) is 0 Å². The molecule has 2 aromatic carbocycles. The van der Waals surface area contributed by atoms with Crippen LogP contribution in [-0.4, -0.2) is 30.7 Å². The van der Waals surface area contributed by atoms with E-state index in [1.165, 1.54) is 0 Å². The summed E-state index contributed by atoms with van der Waals surface area (Å²) in [7, 11) is -3.33. The van der Waals surface area contributed by atoms with Crippen molar-refractivity contribution in [3.8, 4) is 11.6 Å². The average Bonchev–Trinajstić information content (AvgIpc) is 2.91. The Morgan fingerprint density at radius 2 is 1.84 bits per heavy atom. The van der Waals surface area contributed by atoms with E-state index in [2.05, 4.69) is 4.98 Å². The van der Waals surface area contributed by atoms with Gasteiger partial charge < -0.3 is 9.64 Å². The Kier molecular flexibility index (Phi) is 5.00. The van der Waals surface area contributed by atoms with Crippen LogP contribution in [0.15, 0.2) is 77.8 Å². The van der Waals surface area contributed by atoms with Gasteiger partial charge in [0.25, 0.3) is 0 Å². The van der Waals surface area contributed by atoms with Gasteiger partial charge in [-0.1, -0.05) is 35.9 Å². The molecule has 4 aromatic rings. The van der Waals surface area contributed by atoms with Crippen LogP contribution in [0.5, 0.6) is 11.6 Å². The van der Waals surface area contributed by atoms with Crippen LogP contribution in [0.2, 0.25) is 5.02 Å². The monoisotopic (exact) mass is 451 g/mol. The van der Waals surface area contributed by atoms with Gasteiger partial charge in [-0.05, 0) is 42.0 Å². The lowest BCUT2D eigenvalue weighted by molar-refractivity contribution is 0.463. The van der Waals surface area contributed by atoms with E-state index < -0.39 is 9.84 Å². The molecule has 5 rings (SSSR count). The van der Waals surface area contributed by atoms with Crippen molar-refractivity contribution in [2.45, 2.75) is 11.4 Å². The van der Waals surface area contributed by atoms with Crippen molar-refractivity contribution in [1.29, 1.82) is 0 Å². The summed E-state index contributed by atoms with van der Waals surface area (Å²) in [5.74, 6) is 1.77. The topological polar surface area (TPSA) is 72.4 Å². The smallest absolute Gasteiger partial charge is 0.219 e. The zero-order valence-electron chi connectivity index (χ0n) is 16.4. The Morgan fingerprint density at radius 1 is 1.00 bits per heavy atom. The maximum Gasteiger partial charge on any atom is 0.219 e. The first-order valence-corrected chi connectivity index (χ1v) is 11.8. The zero-order chi connectivity index (χ0) is 21.4. The molecule has 0 saturated carbocycles. The maximum atomic E-state index is 12.6. The fraction of sp³-hybridized carbons (Fsp3) is 0.130. The summed E-state index contributed by atoms with van der Waals surface area (Å²) in [6, 6.07) is 19.8.